The van der Waals surface area contributed by atoms with Crippen LogP contribution >= 0.6 is 11.3 Å². The first kappa shape index (κ1) is 27.2. The second kappa shape index (κ2) is 11.1. The van der Waals surface area contributed by atoms with E-state index in [1.807, 2.05) is 42.5 Å². The molecule has 42 heavy (non-hydrogen) atoms. The van der Waals surface area contributed by atoms with Gasteiger partial charge >= 0.3 is 11.9 Å². The number of carbonyl (C=O) groups is 2. The van der Waals surface area contributed by atoms with Gasteiger partial charge in [-0.15, -0.1) is 0 Å². The Morgan fingerprint density at radius 3 is 2.43 bits per heavy atom. The molecule has 8 nitrogen and oxygen atoms in total. The number of aromatic nitrogens is 2. The summed E-state index contributed by atoms with van der Waals surface area (Å²) in [5, 5.41) is 1.03. The van der Waals surface area contributed by atoms with Gasteiger partial charge in [-0.3, -0.25) is 14.2 Å². The zero-order valence-electron chi connectivity index (χ0n) is 23.2. The van der Waals surface area contributed by atoms with E-state index in [0.717, 1.165) is 16.5 Å². The Balaban J connectivity index is 1.50. The van der Waals surface area contributed by atoms with Crippen LogP contribution in [0.3, 0.4) is 0 Å². The van der Waals surface area contributed by atoms with Crippen molar-refractivity contribution in [1.82, 2.24) is 9.13 Å². The van der Waals surface area contributed by atoms with E-state index >= 15 is 0 Å². The predicted molar refractivity (Wildman–Crippen MR) is 161 cm³/mol. The number of esters is 2. The predicted octanol–water partition coefficient (Wildman–Crippen LogP) is 4.34. The average Bonchev–Trinajstić information content (AvgIpc) is 3.49. The summed E-state index contributed by atoms with van der Waals surface area (Å²) in [5.74, 6) is -0.638. The molecule has 5 aromatic rings. The van der Waals surface area contributed by atoms with E-state index in [0.29, 0.717) is 32.9 Å². The molecule has 0 saturated carbocycles. The first-order chi connectivity index (χ1) is 20.3. The fraction of sp³-hybridized carbons (Fsp3) is 0.152. The number of rotatable bonds is 6. The van der Waals surface area contributed by atoms with Crippen molar-refractivity contribution in [2.45, 2.75) is 26.4 Å². The SMILES string of the molecule is COC(=O)C1=C(C)N=c2s/c(=C\c3cn(Cc4ccccc4)c4ccccc34)c(=O)n2C1c1ccc(OC(C)=O)cc1. The molecular formula is C33H27N3O5S. The molecule has 0 aliphatic carbocycles. The third kappa shape index (κ3) is 4.99. The Morgan fingerprint density at radius 1 is 1.00 bits per heavy atom. The Labute approximate surface area is 245 Å². The van der Waals surface area contributed by atoms with E-state index in [1.54, 1.807) is 35.8 Å². The van der Waals surface area contributed by atoms with Crippen LogP contribution in [0.5, 0.6) is 5.75 Å². The molecule has 0 spiro atoms. The van der Waals surface area contributed by atoms with Crippen LogP contribution in [0.25, 0.3) is 17.0 Å². The molecule has 0 saturated heterocycles. The first-order valence-electron chi connectivity index (χ1n) is 13.3. The van der Waals surface area contributed by atoms with Gasteiger partial charge in [0, 0.05) is 36.1 Å². The lowest BCUT2D eigenvalue weighted by molar-refractivity contribution is -0.136. The molecule has 1 aliphatic heterocycles. The van der Waals surface area contributed by atoms with Gasteiger partial charge in [-0.2, -0.15) is 0 Å². The number of carbonyl (C=O) groups excluding carboxylic acids is 2. The maximum absolute atomic E-state index is 14.0. The number of methoxy groups -OCH3 is 1. The number of allylic oxidation sites excluding steroid dienone is 1. The molecule has 0 amide bonds. The van der Waals surface area contributed by atoms with Crippen molar-refractivity contribution in [3.63, 3.8) is 0 Å². The minimum absolute atomic E-state index is 0.262. The minimum atomic E-state index is -0.762. The minimum Gasteiger partial charge on any atom is -0.466 e. The second-order valence-corrected chi connectivity index (χ2v) is 11.0. The molecule has 0 N–H and O–H groups in total. The largest absolute Gasteiger partial charge is 0.466 e. The summed E-state index contributed by atoms with van der Waals surface area (Å²) in [6, 6.07) is 24.3. The number of hydrogen-bond donors (Lipinski definition) is 0. The van der Waals surface area contributed by atoms with E-state index < -0.39 is 18.0 Å². The molecule has 1 unspecified atom stereocenters. The lowest BCUT2D eigenvalue weighted by atomic mass is 9.96. The summed E-state index contributed by atoms with van der Waals surface area (Å²) in [4.78, 5) is 43.5. The van der Waals surface area contributed by atoms with Gasteiger partial charge in [-0.1, -0.05) is 72.0 Å². The van der Waals surface area contributed by atoms with Crippen LogP contribution in [-0.2, 0) is 20.9 Å². The van der Waals surface area contributed by atoms with Gasteiger partial charge in [0.2, 0.25) is 0 Å². The van der Waals surface area contributed by atoms with Crippen molar-refractivity contribution in [2.24, 2.45) is 4.99 Å². The van der Waals surface area contributed by atoms with Gasteiger partial charge < -0.3 is 14.0 Å². The number of para-hydroxylation sites is 1. The van der Waals surface area contributed by atoms with Gasteiger partial charge in [0.05, 0.1) is 29.0 Å². The highest BCUT2D eigenvalue weighted by molar-refractivity contribution is 7.07. The smallest absolute Gasteiger partial charge is 0.338 e. The highest BCUT2D eigenvalue weighted by atomic mass is 32.1. The summed E-state index contributed by atoms with van der Waals surface area (Å²) < 4.78 is 14.5. The Bertz CT molecular complexity index is 2050. The lowest BCUT2D eigenvalue weighted by Gasteiger charge is -2.24. The molecule has 3 heterocycles. The molecule has 9 heteroatoms. The van der Waals surface area contributed by atoms with Gasteiger partial charge in [0.25, 0.3) is 5.56 Å². The van der Waals surface area contributed by atoms with Crippen LogP contribution in [0, 0.1) is 0 Å². The van der Waals surface area contributed by atoms with Crippen molar-refractivity contribution < 1.29 is 19.1 Å². The number of thiazole rings is 1. The van der Waals surface area contributed by atoms with Crippen LogP contribution in [0.4, 0.5) is 0 Å². The summed E-state index contributed by atoms with van der Waals surface area (Å²) in [6.45, 7) is 3.76. The summed E-state index contributed by atoms with van der Waals surface area (Å²) >= 11 is 1.28. The van der Waals surface area contributed by atoms with E-state index in [9.17, 15) is 14.4 Å². The van der Waals surface area contributed by atoms with Gasteiger partial charge in [0.15, 0.2) is 4.80 Å². The van der Waals surface area contributed by atoms with Crippen molar-refractivity contribution >= 4 is 40.3 Å². The molecular weight excluding hydrogens is 550 g/mol. The van der Waals surface area contributed by atoms with Gasteiger partial charge in [-0.25, -0.2) is 9.79 Å². The topological polar surface area (TPSA) is 91.9 Å². The van der Waals surface area contributed by atoms with Gasteiger partial charge in [0.1, 0.15) is 5.75 Å². The number of benzene rings is 3. The monoisotopic (exact) mass is 577 g/mol. The summed E-state index contributed by atoms with van der Waals surface area (Å²) in [6.07, 6.45) is 3.96. The van der Waals surface area contributed by atoms with Crippen LogP contribution in [-0.4, -0.2) is 28.2 Å². The third-order valence-electron chi connectivity index (χ3n) is 7.19. The Kier molecular flexibility index (Phi) is 7.18. The number of ether oxygens (including phenoxy) is 2. The van der Waals surface area contributed by atoms with E-state index in [1.165, 1.54) is 30.9 Å². The van der Waals surface area contributed by atoms with Crippen LogP contribution < -0.4 is 19.6 Å². The highest BCUT2D eigenvalue weighted by Crippen LogP contribution is 2.31. The van der Waals surface area contributed by atoms with Crippen molar-refractivity contribution in [3.05, 3.63) is 133 Å². The standard InChI is InChI=1S/C33H27N3O5S/c1-20-29(32(39)40-3)30(23-13-15-25(16-14-23)41-21(2)37)36-31(38)28(42-33(36)34-20)17-24-19-35(18-22-9-5-4-6-10-22)27-12-8-7-11-26(24)27/h4-17,19,30H,18H2,1-3H3/b28-17-. The first-order valence-corrected chi connectivity index (χ1v) is 14.2. The van der Waals surface area contributed by atoms with Crippen LogP contribution in [0.1, 0.15) is 36.6 Å². The lowest BCUT2D eigenvalue weighted by Crippen LogP contribution is -2.39. The average molecular weight is 578 g/mol. The van der Waals surface area contributed by atoms with E-state index in [4.69, 9.17) is 9.47 Å². The number of nitrogens with zero attached hydrogens (tertiary/aromatic N) is 3. The Hall–Kier alpha value is -5.02. The summed E-state index contributed by atoms with van der Waals surface area (Å²) in [5.41, 5.74) is 4.30. The molecule has 1 aliphatic rings. The Morgan fingerprint density at radius 2 is 1.71 bits per heavy atom. The highest BCUT2D eigenvalue weighted by Gasteiger charge is 2.33. The maximum Gasteiger partial charge on any atom is 0.338 e. The summed E-state index contributed by atoms with van der Waals surface area (Å²) in [7, 11) is 1.31. The zero-order chi connectivity index (χ0) is 29.4. The second-order valence-electron chi connectivity index (χ2n) is 9.95. The number of hydrogen-bond acceptors (Lipinski definition) is 7. The third-order valence-corrected chi connectivity index (χ3v) is 8.17. The molecule has 3 aromatic carbocycles. The molecule has 6 rings (SSSR count). The van der Waals surface area contributed by atoms with Crippen molar-refractivity contribution in [2.75, 3.05) is 7.11 Å². The van der Waals surface area contributed by atoms with Crippen molar-refractivity contribution in [1.29, 1.82) is 0 Å². The normalized spacial score (nSPS) is 14.9. The number of fused-ring (bicyclic) bond motifs is 2. The van der Waals surface area contributed by atoms with Crippen molar-refractivity contribution in [3.8, 4) is 5.75 Å². The molecule has 0 radical (unpaired) electrons. The van der Waals surface area contributed by atoms with Gasteiger partial charge in [-0.05, 0) is 42.3 Å². The van der Waals surface area contributed by atoms with E-state index in [2.05, 4.69) is 34.0 Å². The zero-order valence-corrected chi connectivity index (χ0v) is 24.1. The molecule has 210 valence electrons. The molecule has 0 fully saturated rings. The fourth-order valence-corrected chi connectivity index (χ4v) is 6.37. The van der Waals surface area contributed by atoms with Crippen LogP contribution in [0.15, 0.2) is 106 Å². The molecule has 0 bridgehead atoms. The maximum atomic E-state index is 14.0. The van der Waals surface area contributed by atoms with E-state index in [-0.39, 0.29) is 11.1 Å². The molecule has 2 aromatic heterocycles. The molecule has 1 atom stereocenters. The fourth-order valence-electron chi connectivity index (χ4n) is 5.33. The quantitative estimate of drug-likeness (QED) is 0.221. The van der Waals surface area contributed by atoms with Crippen LogP contribution in [0.2, 0.25) is 0 Å².